The second-order valence-corrected chi connectivity index (χ2v) is 5.06. The predicted molar refractivity (Wildman–Crippen MR) is 70.7 cm³/mol. The second kappa shape index (κ2) is 4.26. The molecule has 0 aromatic carbocycles. The smallest absolute Gasteiger partial charge is 0.226 e. The molecule has 6 heteroatoms. The van der Waals surface area contributed by atoms with Crippen molar-refractivity contribution in [3.8, 4) is 0 Å². The van der Waals surface area contributed by atoms with Crippen molar-refractivity contribution in [2.24, 2.45) is 0 Å². The number of carbonyl (C=O) groups excluding carboxylic acids is 1. The van der Waals surface area contributed by atoms with Crippen molar-refractivity contribution in [2.75, 3.05) is 5.32 Å². The number of hydrogen-bond donors (Lipinski definition) is 1. The van der Waals surface area contributed by atoms with Crippen LogP contribution in [0.15, 0.2) is 42.1 Å². The molecule has 3 heterocycles. The number of carbonyl (C=O) groups is 1. The van der Waals surface area contributed by atoms with Gasteiger partial charge < -0.3 is 5.32 Å². The maximum absolute atomic E-state index is 12.4. The maximum atomic E-state index is 12.4. The summed E-state index contributed by atoms with van der Waals surface area (Å²) >= 11 is 0. The Labute approximate surface area is 115 Å². The first kappa shape index (κ1) is 11.3. The fourth-order valence-electron chi connectivity index (χ4n) is 2.98. The zero-order valence-corrected chi connectivity index (χ0v) is 10.8. The molecule has 0 spiro atoms. The van der Waals surface area contributed by atoms with E-state index in [-0.39, 0.29) is 11.8 Å². The molecule has 0 saturated carbocycles. The van der Waals surface area contributed by atoms with Crippen molar-refractivity contribution in [2.45, 2.75) is 25.3 Å². The standard InChI is InChI=1S/C14H13N5O/c20-11-5-1-4-10-12(11)13(9-3-2-6-15-7-9)19-14(18-10)16-8-17-19/h2-3,6-8,13H,1,4-5H2,(H,16,17,18)/p+1. The summed E-state index contributed by atoms with van der Waals surface area (Å²) in [6.07, 6.45) is 7.68. The first-order chi connectivity index (χ1) is 9.84. The van der Waals surface area contributed by atoms with Gasteiger partial charge in [0, 0.05) is 29.3 Å². The highest BCUT2D eigenvalue weighted by Gasteiger charge is 2.36. The molecule has 0 fully saturated rings. The summed E-state index contributed by atoms with van der Waals surface area (Å²) < 4.78 is 1.78. The van der Waals surface area contributed by atoms with Gasteiger partial charge in [-0.3, -0.25) is 4.79 Å². The molecule has 1 aliphatic carbocycles. The summed E-state index contributed by atoms with van der Waals surface area (Å²) in [6.45, 7) is 0. The van der Waals surface area contributed by atoms with Crippen LogP contribution < -0.4 is 10.3 Å². The number of ketones is 1. The van der Waals surface area contributed by atoms with Crippen LogP contribution in [0.1, 0.15) is 30.9 Å². The Morgan fingerprint density at radius 1 is 1.40 bits per heavy atom. The number of aromatic nitrogens is 4. The van der Waals surface area contributed by atoms with Crippen molar-refractivity contribution >= 4 is 11.7 Å². The monoisotopic (exact) mass is 268 g/mol. The van der Waals surface area contributed by atoms with E-state index in [0.29, 0.717) is 12.4 Å². The van der Waals surface area contributed by atoms with E-state index in [1.54, 1.807) is 4.68 Å². The van der Waals surface area contributed by atoms with Gasteiger partial charge in [-0.1, -0.05) is 0 Å². The molecule has 0 amide bonds. The van der Waals surface area contributed by atoms with Crippen LogP contribution in [0.4, 0.5) is 5.95 Å². The molecule has 2 aromatic rings. The van der Waals surface area contributed by atoms with Crippen LogP contribution in [-0.4, -0.2) is 20.5 Å². The van der Waals surface area contributed by atoms with Gasteiger partial charge >= 0.3 is 0 Å². The molecule has 2 aromatic heterocycles. The van der Waals surface area contributed by atoms with E-state index in [9.17, 15) is 4.79 Å². The first-order valence-electron chi connectivity index (χ1n) is 6.73. The van der Waals surface area contributed by atoms with Gasteiger partial charge in [0.15, 0.2) is 18.2 Å². The molecule has 1 atom stereocenters. The van der Waals surface area contributed by atoms with Crippen LogP contribution in [0, 0.1) is 0 Å². The minimum absolute atomic E-state index is 0.186. The van der Waals surface area contributed by atoms with Crippen LogP contribution in [0.25, 0.3) is 0 Å². The molecule has 4 rings (SSSR count). The molecule has 2 N–H and O–H groups in total. The van der Waals surface area contributed by atoms with E-state index in [4.69, 9.17) is 0 Å². The van der Waals surface area contributed by atoms with Crippen LogP contribution in [0.5, 0.6) is 0 Å². The van der Waals surface area contributed by atoms with Gasteiger partial charge in [0.25, 0.3) is 0 Å². The normalized spacial score (nSPS) is 21.2. The van der Waals surface area contributed by atoms with E-state index in [2.05, 4.69) is 20.4 Å². The van der Waals surface area contributed by atoms with Gasteiger partial charge in [0.2, 0.25) is 5.95 Å². The molecule has 1 aliphatic heterocycles. The fraction of sp³-hybridized carbons (Fsp3) is 0.286. The summed E-state index contributed by atoms with van der Waals surface area (Å²) in [5, 5.41) is 7.53. The summed E-state index contributed by atoms with van der Waals surface area (Å²) in [5.74, 6) is 0.904. The van der Waals surface area contributed by atoms with E-state index in [1.807, 2.05) is 24.5 Å². The average Bonchev–Trinajstić information content (AvgIpc) is 2.94. The third-order valence-corrected chi connectivity index (χ3v) is 3.86. The van der Waals surface area contributed by atoms with E-state index in [1.165, 1.54) is 6.33 Å². The van der Waals surface area contributed by atoms with Gasteiger partial charge in [-0.05, 0) is 18.9 Å². The van der Waals surface area contributed by atoms with Gasteiger partial charge in [-0.25, -0.2) is 9.67 Å². The minimum atomic E-state index is -0.186. The van der Waals surface area contributed by atoms with Crippen molar-refractivity contribution in [3.05, 3.63) is 47.7 Å². The Bertz CT molecular complexity index is 703. The molecule has 2 aliphatic rings. The Hall–Kier alpha value is -2.50. The first-order valence-corrected chi connectivity index (χ1v) is 6.73. The van der Waals surface area contributed by atoms with Crippen LogP contribution in [0.2, 0.25) is 0 Å². The summed E-state index contributed by atoms with van der Waals surface area (Å²) in [5.41, 5.74) is 2.84. The number of aromatic amines is 1. The number of nitrogens with one attached hydrogen (secondary N) is 2. The number of H-pyrrole nitrogens is 1. The highest BCUT2D eigenvalue weighted by Crippen LogP contribution is 2.38. The SMILES string of the molecule is O=C1CCCC2=C1C(c1ccc[nH+]c1)n1ncnc1N2. The van der Waals surface area contributed by atoms with E-state index in [0.717, 1.165) is 29.7 Å². The zero-order valence-electron chi connectivity index (χ0n) is 10.8. The zero-order chi connectivity index (χ0) is 13.5. The lowest BCUT2D eigenvalue weighted by atomic mass is 9.86. The van der Waals surface area contributed by atoms with Crippen molar-refractivity contribution in [1.29, 1.82) is 0 Å². The van der Waals surface area contributed by atoms with Gasteiger partial charge in [0.1, 0.15) is 12.4 Å². The largest absolute Gasteiger partial charge is 0.328 e. The topological polar surface area (TPSA) is 74.0 Å². The number of fused-ring (bicyclic) bond motifs is 1. The number of allylic oxidation sites excluding steroid dienone is 2. The number of anilines is 1. The summed E-state index contributed by atoms with van der Waals surface area (Å²) in [6, 6.07) is 3.75. The molecule has 0 saturated heterocycles. The Morgan fingerprint density at radius 3 is 3.20 bits per heavy atom. The number of nitrogens with zero attached hydrogens (tertiary/aromatic N) is 3. The van der Waals surface area contributed by atoms with E-state index < -0.39 is 0 Å². The predicted octanol–water partition coefficient (Wildman–Crippen LogP) is 1.11. The number of hydrogen-bond acceptors (Lipinski definition) is 4. The van der Waals surface area contributed by atoms with Gasteiger partial charge in [0.05, 0.1) is 0 Å². The molecule has 1 unspecified atom stereocenters. The molecule has 0 bridgehead atoms. The fourth-order valence-corrected chi connectivity index (χ4v) is 2.98. The van der Waals surface area contributed by atoms with Crippen LogP contribution in [-0.2, 0) is 4.79 Å². The molecular weight excluding hydrogens is 254 g/mol. The van der Waals surface area contributed by atoms with Crippen molar-refractivity contribution < 1.29 is 9.78 Å². The lowest BCUT2D eigenvalue weighted by Gasteiger charge is -2.31. The Morgan fingerprint density at radius 2 is 2.35 bits per heavy atom. The highest BCUT2D eigenvalue weighted by atomic mass is 16.1. The lowest BCUT2D eigenvalue weighted by Crippen LogP contribution is -2.32. The maximum Gasteiger partial charge on any atom is 0.226 e. The van der Waals surface area contributed by atoms with Crippen molar-refractivity contribution in [3.63, 3.8) is 0 Å². The molecule has 100 valence electrons. The molecule has 20 heavy (non-hydrogen) atoms. The molecular formula is C14H14N5O+. The second-order valence-electron chi connectivity index (χ2n) is 5.06. The lowest BCUT2D eigenvalue weighted by molar-refractivity contribution is -0.378. The summed E-state index contributed by atoms with van der Waals surface area (Å²) in [4.78, 5) is 19.7. The van der Waals surface area contributed by atoms with Crippen molar-refractivity contribution in [1.82, 2.24) is 14.8 Å². The third-order valence-electron chi connectivity index (χ3n) is 3.86. The number of Topliss-reactive ketones (excluding diaryl/α,β-unsaturated/α-hetero) is 1. The third kappa shape index (κ3) is 1.57. The van der Waals surface area contributed by atoms with Gasteiger partial charge in [-0.2, -0.15) is 10.1 Å². The molecule has 6 nitrogen and oxygen atoms in total. The Balaban J connectivity index is 1.93. The highest BCUT2D eigenvalue weighted by molar-refractivity contribution is 5.99. The Kier molecular flexibility index (Phi) is 2.42. The number of pyridine rings is 1. The van der Waals surface area contributed by atoms with E-state index >= 15 is 0 Å². The number of rotatable bonds is 1. The molecule has 0 radical (unpaired) electrons. The average molecular weight is 268 g/mol. The minimum Gasteiger partial charge on any atom is -0.328 e. The quantitative estimate of drug-likeness (QED) is 0.841. The van der Waals surface area contributed by atoms with Gasteiger partial charge in [-0.15, -0.1) is 0 Å². The van der Waals surface area contributed by atoms with Crippen LogP contribution in [0.3, 0.4) is 0 Å². The summed E-state index contributed by atoms with van der Waals surface area (Å²) in [7, 11) is 0. The van der Waals surface area contributed by atoms with Crippen LogP contribution >= 0.6 is 0 Å².